The van der Waals surface area contributed by atoms with Gasteiger partial charge in [-0.25, -0.2) is 14.6 Å². The molecular weight excluding hydrogens is 603 g/mol. The molecule has 2 saturated heterocycles. The Kier molecular flexibility index (Phi) is 6.11. The predicted octanol–water partition coefficient (Wildman–Crippen LogP) is 4.96. The first kappa shape index (κ1) is 24.7. The normalized spacial score (nSPS) is 28.2. The van der Waals surface area contributed by atoms with Crippen LogP contribution in [-0.4, -0.2) is 74.7 Å². The maximum atomic E-state index is 6.37. The molecule has 0 N–H and O–H groups in total. The Morgan fingerprint density at radius 1 is 1.11 bits per heavy atom. The van der Waals surface area contributed by atoms with Gasteiger partial charge in [-0.15, -0.1) is 11.8 Å². The number of thioether (sulfide) groups is 1. The standard InChI is InChI=1S/C26H33IN6O3S/c1-15(17-8-12-32(17)2)33-23-18(21(27)30-33)24(37-3)29-22(28-23)19-16-7-6-10-25(20(16)36-31-19)9-4-5-11-26(25)34-13-14-35-26/h15,17H,4-14H2,1-3H3/t15?,17-,25-/m0/s1. The average Bonchev–Trinajstić information content (AvgIpc) is 3.63. The molecule has 0 aromatic carbocycles. The van der Waals surface area contributed by atoms with Crippen molar-refractivity contribution < 1.29 is 14.0 Å². The number of halogens is 1. The zero-order valence-corrected chi connectivity index (χ0v) is 24.6. The van der Waals surface area contributed by atoms with Gasteiger partial charge in [-0.3, -0.25) is 0 Å². The van der Waals surface area contributed by atoms with Crippen LogP contribution in [0.2, 0.25) is 0 Å². The molecule has 4 aliphatic rings. The summed E-state index contributed by atoms with van der Waals surface area (Å²) < 4.78 is 22.0. The molecule has 7 rings (SSSR count). The first-order valence-electron chi connectivity index (χ1n) is 13.5. The number of hydrogen-bond acceptors (Lipinski definition) is 9. The molecular formula is C26H33IN6O3S. The van der Waals surface area contributed by atoms with Crippen LogP contribution in [-0.2, 0) is 21.3 Å². The summed E-state index contributed by atoms with van der Waals surface area (Å²) in [6, 6.07) is 0.680. The van der Waals surface area contributed by atoms with Gasteiger partial charge in [0.2, 0.25) is 0 Å². The molecule has 2 spiro atoms. The Hall–Kier alpha value is -1.28. The van der Waals surface area contributed by atoms with Crippen molar-refractivity contribution in [2.45, 2.75) is 86.6 Å². The summed E-state index contributed by atoms with van der Waals surface area (Å²) in [6.07, 6.45) is 10.4. The van der Waals surface area contributed by atoms with E-state index in [2.05, 4.69) is 57.6 Å². The fraction of sp³-hybridized carbons (Fsp3) is 0.692. The molecule has 2 aliphatic carbocycles. The van der Waals surface area contributed by atoms with Crippen LogP contribution >= 0.6 is 34.4 Å². The zero-order chi connectivity index (χ0) is 25.4. The van der Waals surface area contributed by atoms with E-state index in [1.165, 1.54) is 6.42 Å². The van der Waals surface area contributed by atoms with Gasteiger partial charge in [-0.2, -0.15) is 5.10 Å². The molecule has 3 fully saturated rings. The number of likely N-dealkylation sites (N-methyl/N-ethyl adjacent to an activating group) is 1. The van der Waals surface area contributed by atoms with Crippen molar-refractivity contribution in [1.29, 1.82) is 0 Å². The van der Waals surface area contributed by atoms with Crippen LogP contribution in [0.5, 0.6) is 0 Å². The van der Waals surface area contributed by atoms with Gasteiger partial charge in [0.05, 0.1) is 30.1 Å². The highest BCUT2D eigenvalue weighted by molar-refractivity contribution is 14.1. The Labute approximate surface area is 234 Å². The van der Waals surface area contributed by atoms with Gasteiger partial charge in [0.25, 0.3) is 0 Å². The minimum absolute atomic E-state index is 0.218. The van der Waals surface area contributed by atoms with E-state index in [9.17, 15) is 0 Å². The van der Waals surface area contributed by atoms with Crippen LogP contribution in [0.3, 0.4) is 0 Å². The van der Waals surface area contributed by atoms with Crippen LogP contribution in [0.25, 0.3) is 22.6 Å². The smallest absolute Gasteiger partial charge is 0.185 e. The highest BCUT2D eigenvalue weighted by Gasteiger charge is 2.61. The van der Waals surface area contributed by atoms with E-state index in [-0.39, 0.29) is 11.5 Å². The number of rotatable bonds is 4. The first-order chi connectivity index (χ1) is 18.0. The Bertz CT molecular complexity index is 1350. The zero-order valence-electron chi connectivity index (χ0n) is 21.6. The van der Waals surface area contributed by atoms with Crippen molar-refractivity contribution >= 4 is 45.4 Å². The molecule has 0 radical (unpaired) electrons. The molecule has 1 unspecified atom stereocenters. The number of aromatic nitrogens is 5. The summed E-state index contributed by atoms with van der Waals surface area (Å²) in [6.45, 7) is 4.66. The maximum Gasteiger partial charge on any atom is 0.185 e. The van der Waals surface area contributed by atoms with E-state index < -0.39 is 5.79 Å². The number of ether oxygens (including phenoxy) is 2. The second-order valence-corrected chi connectivity index (χ2v) is 12.8. The molecule has 37 heavy (non-hydrogen) atoms. The molecule has 11 heteroatoms. The quantitative estimate of drug-likeness (QED) is 0.224. The molecule has 0 bridgehead atoms. The second-order valence-electron chi connectivity index (χ2n) is 11.0. The Morgan fingerprint density at radius 2 is 1.89 bits per heavy atom. The number of nitrogens with zero attached hydrogens (tertiary/aromatic N) is 6. The molecule has 3 aromatic heterocycles. The second kappa shape index (κ2) is 9.14. The lowest BCUT2D eigenvalue weighted by Crippen LogP contribution is -2.56. The molecule has 0 amide bonds. The van der Waals surface area contributed by atoms with Gasteiger partial charge in [0.1, 0.15) is 8.73 Å². The van der Waals surface area contributed by atoms with E-state index >= 15 is 0 Å². The van der Waals surface area contributed by atoms with Crippen molar-refractivity contribution in [3.8, 4) is 11.5 Å². The largest absolute Gasteiger partial charge is 0.360 e. The van der Waals surface area contributed by atoms with Crippen molar-refractivity contribution in [3.05, 3.63) is 15.0 Å². The van der Waals surface area contributed by atoms with E-state index in [1.54, 1.807) is 11.8 Å². The molecule has 5 heterocycles. The first-order valence-corrected chi connectivity index (χ1v) is 15.8. The molecule has 1 saturated carbocycles. The highest BCUT2D eigenvalue weighted by atomic mass is 127. The molecule has 3 aromatic rings. The highest BCUT2D eigenvalue weighted by Crippen LogP contribution is 2.57. The fourth-order valence-corrected chi connectivity index (χ4v) is 8.76. The van der Waals surface area contributed by atoms with Crippen molar-refractivity contribution in [1.82, 2.24) is 29.8 Å². The minimum Gasteiger partial charge on any atom is -0.360 e. The average molecular weight is 637 g/mol. The lowest BCUT2D eigenvalue weighted by Gasteiger charge is -2.50. The number of hydrogen-bond donors (Lipinski definition) is 0. The Morgan fingerprint density at radius 3 is 2.62 bits per heavy atom. The van der Waals surface area contributed by atoms with Gasteiger partial charge in [0.15, 0.2) is 28.7 Å². The molecule has 3 atom stereocenters. The van der Waals surface area contributed by atoms with Crippen LogP contribution in [0.1, 0.15) is 69.2 Å². The third-order valence-electron chi connectivity index (χ3n) is 9.26. The van der Waals surface area contributed by atoms with Crippen molar-refractivity contribution in [3.63, 3.8) is 0 Å². The molecule has 2 aliphatic heterocycles. The van der Waals surface area contributed by atoms with Crippen molar-refractivity contribution in [2.75, 3.05) is 33.1 Å². The molecule has 9 nitrogen and oxygen atoms in total. The van der Waals surface area contributed by atoms with Gasteiger partial charge < -0.3 is 18.9 Å². The van der Waals surface area contributed by atoms with Gasteiger partial charge in [-0.1, -0.05) is 11.6 Å². The SMILES string of the molecule is CSc1nc(-c2noc3c2CCC[C@@]32CCCCC23OCCO3)nc2c1c(I)nn2C(C)[C@@H]1CCN1C. The monoisotopic (exact) mass is 636 g/mol. The summed E-state index contributed by atoms with van der Waals surface area (Å²) in [5.41, 5.74) is 2.49. The van der Waals surface area contributed by atoms with E-state index in [4.69, 9.17) is 29.1 Å². The van der Waals surface area contributed by atoms with E-state index in [1.807, 2.05) is 0 Å². The van der Waals surface area contributed by atoms with Gasteiger partial charge in [-0.05, 0) is 87.9 Å². The van der Waals surface area contributed by atoms with Crippen molar-refractivity contribution in [2.24, 2.45) is 0 Å². The van der Waals surface area contributed by atoms with Crippen LogP contribution in [0.4, 0.5) is 0 Å². The number of fused-ring (bicyclic) bond motifs is 4. The van der Waals surface area contributed by atoms with E-state index in [0.717, 1.165) is 88.3 Å². The lowest BCUT2D eigenvalue weighted by molar-refractivity contribution is -0.235. The summed E-state index contributed by atoms with van der Waals surface area (Å²) in [7, 11) is 2.18. The molecule has 198 valence electrons. The maximum absolute atomic E-state index is 6.37. The number of likely N-dealkylation sites (tertiary alicyclic amines) is 1. The third kappa shape index (κ3) is 3.52. The van der Waals surface area contributed by atoms with Gasteiger partial charge in [0, 0.05) is 18.0 Å². The predicted molar refractivity (Wildman–Crippen MR) is 149 cm³/mol. The van der Waals surface area contributed by atoms with Crippen LogP contribution < -0.4 is 0 Å². The fourth-order valence-electron chi connectivity index (χ4n) is 7.28. The van der Waals surface area contributed by atoms with Crippen LogP contribution in [0.15, 0.2) is 9.55 Å². The Balaban J connectivity index is 1.36. The minimum atomic E-state index is -0.592. The van der Waals surface area contributed by atoms with Crippen LogP contribution in [0, 0.1) is 3.70 Å². The summed E-state index contributed by atoms with van der Waals surface area (Å²) in [5.74, 6) is 0.979. The van der Waals surface area contributed by atoms with Gasteiger partial charge >= 0.3 is 0 Å². The summed E-state index contributed by atoms with van der Waals surface area (Å²) in [5, 5.41) is 11.6. The summed E-state index contributed by atoms with van der Waals surface area (Å²) >= 11 is 3.96. The lowest BCUT2D eigenvalue weighted by atomic mass is 9.61. The third-order valence-corrected chi connectivity index (χ3v) is 10.7. The summed E-state index contributed by atoms with van der Waals surface area (Å²) in [4.78, 5) is 12.5. The van der Waals surface area contributed by atoms with E-state index in [0.29, 0.717) is 25.1 Å². The topological polar surface area (TPSA) is 91.3 Å².